The maximum atomic E-state index is 13.1. The van der Waals surface area contributed by atoms with Gasteiger partial charge in [-0.15, -0.1) is 0 Å². The minimum atomic E-state index is -4.95. The van der Waals surface area contributed by atoms with Crippen molar-refractivity contribution in [3.63, 3.8) is 0 Å². The zero-order valence-corrected chi connectivity index (χ0v) is 61.6. The van der Waals surface area contributed by atoms with Crippen LogP contribution in [-0.4, -0.2) is 96.7 Å². The van der Waals surface area contributed by atoms with E-state index in [4.69, 9.17) is 37.0 Å². The largest absolute Gasteiger partial charge is 0.472 e. The van der Waals surface area contributed by atoms with E-state index in [1.165, 1.54) is 193 Å². The maximum absolute atomic E-state index is 13.1. The molecular weight excluding hydrogens is 1210 g/mol. The zero-order chi connectivity index (χ0) is 67.9. The first kappa shape index (κ1) is 90.1. The number of unbranched alkanes of at least 4 members (excludes halogenated alkanes) is 42. The first-order valence-electron chi connectivity index (χ1n) is 38.0. The van der Waals surface area contributed by atoms with Crippen LogP contribution in [0.5, 0.6) is 0 Å². The first-order chi connectivity index (χ1) is 44.4. The number of hydrogen-bond acceptors (Lipinski definition) is 15. The number of aliphatic hydroxyl groups excluding tert-OH is 1. The van der Waals surface area contributed by atoms with Crippen LogP contribution in [0, 0.1) is 11.8 Å². The minimum absolute atomic E-state index is 0.107. The van der Waals surface area contributed by atoms with Gasteiger partial charge in [0.15, 0.2) is 12.2 Å². The molecule has 2 unspecified atom stereocenters. The molecule has 0 aromatic heterocycles. The summed E-state index contributed by atoms with van der Waals surface area (Å²) in [5.74, 6) is -0.560. The molecule has 0 saturated carbocycles. The van der Waals surface area contributed by atoms with E-state index in [2.05, 4.69) is 41.5 Å². The molecule has 92 heavy (non-hydrogen) atoms. The van der Waals surface area contributed by atoms with Crippen LogP contribution >= 0.6 is 15.6 Å². The van der Waals surface area contributed by atoms with Crippen molar-refractivity contribution in [1.82, 2.24) is 0 Å². The van der Waals surface area contributed by atoms with Crippen molar-refractivity contribution in [2.45, 2.75) is 394 Å². The molecule has 0 spiro atoms. The molecule has 546 valence electrons. The van der Waals surface area contributed by atoms with Crippen LogP contribution in [0.25, 0.3) is 0 Å². The van der Waals surface area contributed by atoms with Gasteiger partial charge in [0, 0.05) is 25.7 Å². The van der Waals surface area contributed by atoms with Crippen molar-refractivity contribution >= 4 is 39.5 Å². The third-order valence-electron chi connectivity index (χ3n) is 17.0. The van der Waals surface area contributed by atoms with Crippen LogP contribution in [0.3, 0.4) is 0 Å². The molecule has 0 aliphatic rings. The summed E-state index contributed by atoms with van der Waals surface area (Å²) in [5, 5.41) is 10.6. The number of aliphatic hydroxyl groups is 1. The SMILES string of the molecule is CCCCCCCCCCCCCCCC(=O)O[C@H](COC(=O)CCCCCCCCCCC)COP(=O)(O)OC[C@H](O)COP(=O)(O)OC[C@@H](COC(=O)CCCCCCCCCCCCCCC(C)C)OC(=O)CCCCCCCCCCCCCCC(C)C. The molecule has 0 radical (unpaired) electrons. The lowest BCUT2D eigenvalue weighted by molar-refractivity contribution is -0.161. The number of carbonyl (C=O) groups is 4. The number of phosphoric acid groups is 2. The fourth-order valence-electron chi connectivity index (χ4n) is 11.1. The van der Waals surface area contributed by atoms with Crippen molar-refractivity contribution in [3.8, 4) is 0 Å². The summed E-state index contributed by atoms with van der Waals surface area (Å²) >= 11 is 0. The Morgan fingerprint density at radius 2 is 0.500 bits per heavy atom. The minimum Gasteiger partial charge on any atom is -0.462 e. The monoisotopic (exact) mass is 1350 g/mol. The highest BCUT2D eigenvalue weighted by atomic mass is 31.2. The smallest absolute Gasteiger partial charge is 0.462 e. The van der Waals surface area contributed by atoms with Crippen LogP contribution in [-0.2, 0) is 65.4 Å². The average molecular weight is 1350 g/mol. The van der Waals surface area contributed by atoms with E-state index in [1.54, 1.807) is 0 Å². The van der Waals surface area contributed by atoms with E-state index in [1.807, 2.05) is 0 Å². The zero-order valence-electron chi connectivity index (χ0n) is 59.9. The summed E-state index contributed by atoms with van der Waals surface area (Å²) in [6.45, 7) is 9.59. The van der Waals surface area contributed by atoms with Gasteiger partial charge in [-0.1, -0.05) is 324 Å². The molecule has 17 nitrogen and oxygen atoms in total. The van der Waals surface area contributed by atoms with E-state index in [0.717, 1.165) is 102 Å². The van der Waals surface area contributed by atoms with Gasteiger partial charge >= 0.3 is 39.5 Å². The van der Waals surface area contributed by atoms with Gasteiger partial charge in [0.2, 0.25) is 0 Å². The van der Waals surface area contributed by atoms with Gasteiger partial charge in [-0.3, -0.25) is 37.3 Å². The Morgan fingerprint density at radius 1 is 0.293 bits per heavy atom. The van der Waals surface area contributed by atoms with E-state index in [9.17, 15) is 43.2 Å². The lowest BCUT2D eigenvalue weighted by Crippen LogP contribution is -2.30. The van der Waals surface area contributed by atoms with Gasteiger partial charge in [0.05, 0.1) is 26.4 Å². The van der Waals surface area contributed by atoms with Gasteiger partial charge in [-0.05, 0) is 37.5 Å². The summed E-state index contributed by atoms with van der Waals surface area (Å²) in [6.07, 6.45) is 51.2. The molecule has 3 N–H and O–H groups in total. The van der Waals surface area contributed by atoms with E-state index in [-0.39, 0.29) is 25.7 Å². The van der Waals surface area contributed by atoms with Crippen molar-refractivity contribution in [3.05, 3.63) is 0 Å². The van der Waals surface area contributed by atoms with Gasteiger partial charge in [-0.2, -0.15) is 0 Å². The summed E-state index contributed by atoms with van der Waals surface area (Å²) in [5.41, 5.74) is 0. The van der Waals surface area contributed by atoms with Crippen LogP contribution in [0.2, 0.25) is 0 Å². The van der Waals surface area contributed by atoms with Gasteiger partial charge in [0.25, 0.3) is 0 Å². The molecule has 0 heterocycles. The van der Waals surface area contributed by atoms with Crippen LogP contribution in [0.15, 0.2) is 0 Å². The predicted molar refractivity (Wildman–Crippen MR) is 372 cm³/mol. The quantitative estimate of drug-likeness (QED) is 0.0222. The normalized spacial score (nSPS) is 14.1. The molecule has 0 aliphatic heterocycles. The maximum Gasteiger partial charge on any atom is 0.472 e. The summed E-state index contributed by atoms with van der Waals surface area (Å²) in [6, 6.07) is 0. The average Bonchev–Trinajstić information content (AvgIpc) is 2.34. The molecule has 0 fully saturated rings. The molecule has 5 atom stereocenters. The highest BCUT2D eigenvalue weighted by Crippen LogP contribution is 2.45. The Balaban J connectivity index is 5.24. The van der Waals surface area contributed by atoms with Crippen molar-refractivity contribution in [1.29, 1.82) is 0 Å². The molecular formula is C73H142O17P2. The Bertz CT molecular complexity index is 1790. The predicted octanol–water partition coefficient (Wildman–Crippen LogP) is 21.2. The van der Waals surface area contributed by atoms with E-state index < -0.39 is 97.5 Å². The van der Waals surface area contributed by atoms with Gasteiger partial charge in [-0.25, -0.2) is 9.13 Å². The highest BCUT2D eigenvalue weighted by Gasteiger charge is 2.30. The van der Waals surface area contributed by atoms with Gasteiger partial charge in [0.1, 0.15) is 19.3 Å². The Hall–Kier alpha value is -1.94. The second kappa shape index (κ2) is 65.0. The van der Waals surface area contributed by atoms with Crippen LogP contribution in [0.1, 0.15) is 375 Å². The Kier molecular flexibility index (Phi) is 63.7. The second-order valence-electron chi connectivity index (χ2n) is 27.3. The molecule has 0 bridgehead atoms. The number of carbonyl (C=O) groups excluding carboxylic acids is 4. The fraction of sp³-hybridized carbons (Fsp3) is 0.945. The molecule has 0 saturated heterocycles. The third kappa shape index (κ3) is 66.7. The fourth-order valence-corrected chi connectivity index (χ4v) is 12.7. The van der Waals surface area contributed by atoms with Gasteiger partial charge < -0.3 is 33.8 Å². The number of phosphoric ester groups is 2. The molecule has 19 heteroatoms. The number of esters is 4. The summed E-state index contributed by atoms with van der Waals surface area (Å²) < 4.78 is 68.4. The molecule has 0 aromatic rings. The standard InChI is InChI=1S/C73H142O17P2/c1-7-9-11-13-15-17-18-19-27-33-39-45-51-57-72(77)89-68(61-83-70(75)55-49-43-37-29-16-14-12-10-8-2)63-87-91(79,80)85-59-67(74)60-86-92(81,82)88-64-69(90-73(78)58-52-46-40-34-28-23-21-25-31-36-42-48-54-66(5)6)62-84-71(76)56-50-44-38-32-26-22-20-24-30-35-41-47-53-65(3)4/h65-69,74H,7-64H2,1-6H3,(H,79,80)(H,81,82)/t67-,68+,69+/m0/s1. The third-order valence-corrected chi connectivity index (χ3v) is 18.9. The molecule has 0 aliphatic carbocycles. The lowest BCUT2D eigenvalue weighted by atomic mass is 10.0. The summed E-state index contributed by atoms with van der Waals surface area (Å²) in [4.78, 5) is 72.7. The lowest BCUT2D eigenvalue weighted by Gasteiger charge is -2.21. The topological polar surface area (TPSA) is 237 Å². The number of ether oxygens (including phenoxy) is 4. The first-order valence-corrected chi connectivity index (χ1v) is 41.0. The van der Waals surface area contributed by atoms with Crippen molar-refractivity contribution in [2.75, 3.05) is 39.6 Å². The van der Waals surface area contributed by atoms with Crippen molar-refractivity contribution in [2.24, 2.45) is 11.8 Å². The number of rotatable bonds is 72. The Labute approximate surface area is 562 Å². The van der Waals surface area contributed by atoms with E-state index >= 15 is 0 Å². The second-order valence-corrected chi connectivity index (χ2v) is 30.2. The van der Waals surface area contributed by atoms with E-state index in [0.29, 0.717) is 25.7 Å². The molecule has 0 amide bonds. The van der Waals surface area contributed by atoms with Crippen LogP contribution in [0.4, 0.5) is 0 Å². The number of hydrogen-bond donors (Lipinski definition) is 3. The molecule has 0 aromatic carbocycles. The van der Waals surface area contributed by atoms with Crippen LogP contribution < -0.4 is 0 Å². The highest BCUT2D eigenvalue weighted by molar-refractivity contribution is 7.47. The summed E-state index contributed by atoms with van der Waals surface area (Å²) in [7, 11) is -9.90. The Morgan fingerprint density at radius 3 is 0.739 bits per heavy atom. The van der Waals surface area contributed by atoms with Crippen molar-refractivity contribution < 1.29 is 80.2 Å². The molecule has 0 rings (SSSR count).